The van der Waals surface area contributed by atoms with Crippen LogP contribution in [-0.4, -0.2) is 98.4 Å². The number of likely N-dealkylation sites (N-methyl/N-ethyl adjacent to an activating group) is 1. The van der Waals surface area contributed by atoms with E-state index in [0.717, 1.165) is 38.3 Å². The monoisotopic (exact) mass is 403 g/mol. The van der Waals surface area contributed by atoms with Gasteiger partial charge in [0.1, 0.15) is 12.2 Å². The smallest absolute Gasteiger partial charge is 0.259 e. The highest BCUT2D eigenvalue weighted by atomic mass is 16.5. The summed E-state index contributed by atoms with van der Waals surface area (Å²) in [7, 11) is 3.89. The third kappa shape index (κ3) is 3.58. The molecular formula is C21H33N5O3. The number of hydrogen-bond donors (Lipinski definition) is 1. The number of rotatable bonds is 5. The van der Waals surface area contributed by atoms with Crippen LogP contribution in [0.2, 0.25) is 0 Å². The third-order valence-corrected chi connectivity index (χ3v) is 6.75. The second kappa shape index (κ2) is 8.08. The lowest BCUT2D eigenvalue weighted by molar-refractivity contribution is 0.0606. The fraction of sp³-hybridized carbons (Fsp3) is 0.714. The van der Waals surface area contributed by atoms with Crippen molar-refractivity contribution in [2.24, 2.45) is 0 Å². The third-order valence-electron chi connectivity index (χ3n) is 6.75. The van der Waals surface area contributed by atoms with Crippen LogP contribution in [0.1, 0.15) is 30.6 Å². The minimum Gasteiger partial charge on any atom is -0.488 e. The van der Waals surface area contributed by atoms with Crippen LogP contribution in [0.5, 0.6) is 5.75 Å². The summed E-state index contributed by atoms with van der Waals surface area (Å²) in [5, 5.41) is 3.36. The van der Waals surface area contributed by atoms with E-state index in [0.29, 0.717) is 37.1 Å². The summed E-state index contributed by atoms with van der Waals surface area (Å²) < 4.78 is 11.5. The lowest BCUT2D eigenvalue weighted by Crippen LogP contribution is -2.54. The SMILES string of the molecule is COCCN(C)C1CCN(c2cncc3c2OCC2CNCCN2C3=O)C1(C)C. The predicted octanol–water partition coefficient (Wildman–Crippen LogP) is 0.824. The molecule has 1 aromatic heterocycles. The van der Waals surface area contributed by atoms with Crippen molar-refractivity contribution in [1.82, 2.24) is 20.1 Å². The summed E-state index contributed by atoms with van der Waals surface area (Å²) in [6, 6.07) is 0.446. The molecule has 2 fully saturated rings. The fourth-order valence-electron chi connectivity index (χ4n) is 5.10. The van der Waals surface area contributed by atoms with Gasteiger partial charge in [0.25, 0.3) is 5.91 Å². The van der Waals surface area contributed by atoms with Gasteiger partial charge in [0, 0.05) is 52.1 Å². The zero-order chi connectivity index (χ0) is 20.6. The molecule has 2 atom stereocenters. The Labute approximate surface area is 173 Å². The lowest BCUT2D eigenvalue weighted by atomic mass is 9.94. The average molecular weight is 404 g/mol. The number of pyridine rings is 1. The van der Waals surface area contributed by atoms with Crippen LogP contribution in [0.3, 0.4) is 0 Å². The van der Waals surface area contributed by atoms with Gasteiger partial charge < -0.3 is 24.6 Å². The molecule has 0 aromatic carbocycles. The second-order valence-electron chi connectivity index (χ2n) is 8.79. The molecule has 160 valence electrons. The first-order valence-corrected chi connectivity index (χ1v) is 10.5. The minimum absolute atomic E-state index is 0.0316. The van der Waals surface area contributed by atoms with Crippen molar-refractivity contribution in [1.29, 1.82) is 0 Å². The Morgan fingerprint density at radius 2 is 2.21 bits per heavy atom. The lowest BCUT2D eigenvalue weighted by Gasteiger charge is -2.41. The Balaban J connectivity index is 1.64. The summed E-state index contributed by atoms with van der Waals surface area (Å²) in [5.41, 5.74) is 1.39. The molecule has 3 aliphatic rings. The van der Waals surface area contributed by atoms with Crippen LogP contribution in [0.25, 0.3) is 0 Å². The van der Waals surface area contributed by atoms with Gasteiger partial charge in [0.2, 0.25) is 0 Å². The van der Waals surface area contributed by atoms with Crippen LogP contribution in [0.15, 0.2) is 12.4 Å². The van der Waals surface area contributed by atoms with Crippen LogP contribution in [0, 0.1) is 0 Å². The largest absolute Gasteiger partial charge is 0.488 e. The number of hydrogen-bond acceptors (Lipinski definition) is 7. The fourth-order valence-corrected chi connectivity index (χ4v) is 5.10. The van der Waals surface area contributed by atoms with Crippen molar-refractivity contribution in [2.75, 3.05) is 65.0 Å². The van der Waals surface area contributed by atoms with Gasteiger partial charge in [-0.05, 0) is 27.3 Å². The highest BCUT2D eigenvalue weighted by molar-refractivity contribution is 5.99. The molecule has 0 saturated carbocycles. The second-order valence-corrected chi connectivity index (χ2v) is 8.79. The Kier molecular flexibility index (Phi) is 5.68. The molecule has 4 rings (SSSR count). The van der Waals surface area contributed by atoms with E-state index in [1.54, 1.807) is 13.3 Å². The van der Waals surface area contributed by atoms with Crippen molar-refractivity contribution in [2.45, 2.75) is 37.9 Å². The summed E-state index contributed by atoms with van der Waals surface area (Å²) in [6.07, 6.45) is 4.56. The van der Waals surface area contributed by atoms with Gasteiger partial charge in [0.05, 0.1) is 30.1 Å². The summed E-state index contributed by atoms with van der Waals surface area (Å²) in [4.78, 5) is 24.3. The molecule has 0 spiro atoms. The standard InChI is InChI=1S/C21H33N5O3/c1-21(2)18(24(3)9-10-28-4)5-7-26(21)17-13-23-12-16-19(17)29-14-15-11-22-6-8-25(15)20(16)27/h12-13,15,18,22H,5-11,14H2,1-4H3. The number of fused-ring (bicyclic) bond motifs is 2. The van der Waals surface area contributed by atoms with Crippen molar-refractivity contribution >= 4 is 11.6 Å². The maximum atomic E-state index is 13.2. The van der Waals surface area contributed by atoms with Gasteiger partial charge in [0.15, 0.2) is 5.75 Å². The van der Waals surface area contributed by atoms with Crippen molar-refractivity contribution in [3.05, 3.63) is 18.0 Å². The Morgan fingerprint density at radius 1 is 1.38 bits per heavy atom. The molecule has 8 heteroatoms. The van der Waals surface area contributed by atoms with Gasteiger partial charge in [-0.25, -0.2) is 0 Å². The maximum Gasteiger partial charge on any atom is 0.259 e. The molecule has 1 amide bonds. The Bertz CT molecular complexity index is 756. The number of aromatic nitrogens is 1. The molecule has 2 unspecified atom stereocenters. The number of nitrogens with zero attached hydrogens (tertiary/aromatic N) is 4. The van der Waals surface area contributed by atoms with E-state index in [1.165, 1.54) is 0 Å². The van der Waals surface area contributed by atoms with Crippen molar-refractivity contribution in [3.8, 4) is 5.75 Å². The van der Waals surface area contributed by atoms with Crippen LogP contribution < -0.4 is 15.0 Å². The Hall–Kier alpha value is -1.90. The normalized spacial score (nSPS) is 26.2. The summed E-state index contributed by atoms with van der Waals surface area (Å²) in [6.45, 7) is 9.84. The zero-order valence-electron chi connectivity index (χ0n) is 18.0. The van der Waals surface area contributed by atoms with E-state index < -0.39 is 0 Å². The van der Waals surface area contributed by atoms with Gasteiger partial charge in [-0.3, -0.25) is 14.7 Å². The van der Waals surface area contributed by atoms with E-state index in [2.05, 4.69) is 41.0 Å². The number of carbonyl (C=O) groups is 1. The molecule has 4 heterocycles. The number of amides is 1. The Morgan fingerprint density at radius 3 is 3.00 bits per heavy atom. The van der Waals surface area contributed by atoms with Gasteiger partial charge in [-0.2, -0.15) is 0 Å². The quantitative estimate of drug-likeness (QED) is 0.781. The molecular weight excluding hydrogens is 370 g/mol. The molecule has 0 bridgehead atoms. The molecule has 2 saturated heterocycles. The van der Waals surface area contributed by atoms with E-state index in [9.17, 15) is 4.79 Å². The number of carbonyl (C=O) groups excluding carboxylic acids is 1. The van der Waals surface area contributed by atoms with E-state index >= 15 is 0 Å². The van der Waals surface area contributed by atoms with E-state index in [-0.39, 0.29) is 17.5 Å². The summed E-state index contributed by atoms with van der Waals surface area (Å²) in [5.74, 6) is 0.719. The summed E-state index contributed by atoms with van der Waals surface area (Å²) >= 11 is 0. The number of methoxy groups -OCH3 is 1. The van der Waals surface area contributed by atoms with Crippen LogP contribution >= 0.6 is 0 Å². The number of nitrogens with one attached hydrogen (secondary N) is 1. The van der Waals surface area contributed by atoms with Gasteiger partial charge >= 0.3 is 0 Å². The van der Waals surface area contributed by atoms with E-state index in [1.807, 2.05) is 11.1 Å². The minimum atomic E-state index is -0.118. The first kappa shape index (κ1) is 20.4. The number of ether oxygens (including phenoxy) is 2. The molecule has 1 N–H and O–H groups in total. The molecule has 0 aliphatic carbocycles. The molecule has 1 aromatic rings. The molecule has 29 heavy (non-hydrogen) atoms. The number of piperazine rings is 1. The van der Waals surface area contributed by atoms with Crippen molar-refractivity contribution in [3.63, 3.8) is 0 Å². The predicted molar refractivity (Wildman–Crippen MR) is 112 cm³/mol. The zero-order valence-corrected chi connectivity index (χ0v) is 18.0. The number of anilines is 1. The first-order valence-electron chi connectivity index (χ1n) is 10.5. The highest BCUT2D eigenvalue weighted by Gasteiger charge is 2.45. The molecule has 0 radical (unpaired) electrons. The van der Waals surface area contributed by atoms with E-state index in [4.69, 9.17) is 9.47 Å². The van der Waals surface area contributed by atoms with Crippen molar-refractivity contribution < 1.29 is 14.3 Å². The van der Waals surface area contributed by atoms with Crippen LogP contribution in [-0.2, 0) is 4.74 Å². The van der Waals surface area contributed by atoms with Crippen LogP contribution in [0.4, 0.5) is 5.69 Å². The first-order chi connectivity index (χ1) is 13.9. The molecule has 8 nitrogen and oxygen atoms in total. The molecule has 3 aliphatic heterocycles. The van der Waals surface area contributed by atoms with Gasteiger partial charge in [-0.15, -0.1) is 0 Å². The average Bonchev–Trinajstić information content (AvgIpc) is 2.95. The van der Waals surface area contributed by atoms with Gasteiger partial charge in [-0.1, -0.05) is 0 Å². The maximum absolute atomic E-state index is 13.2. The topological polar surface area (TPSA) is 70.2 Å². The highest BCUT2D eigenvalue weighted by Crippen LogP contribution is 2.42.